The number of nitrogens with zero attached hydrogens (tertiary/aromatic N) is 2. The minimum Gasteiger partial charge on any atom is -0.397 e. The summed E-state index contributed by atoms with van der Waals surface area (Å²) in [4.78, 5) is 6.46. The Balaban J connectivity index is 2.04. The molecule has 2 heterocycles. The van der Waals surface area contributed by atoms with Gasteiger partial charge in [-0.3, -0.25) is 0 Å². The molecule has 0 bridgehead atoms. The topological polar surface area (TPSA) is 54.2 Å². The number of rotatable bonds is 2. The van der Waals surface area contributed by atoms with Gasteiger partial charge in [-0.25, -0.2) is 4.98 Å². The molecule has 1 aromatic heterocycles. The highest BCUT2D eigenvalue weighted by atomic mass is 35.5. The molecule has 1 saturated heterocycles. The van der Waals surface area contributed by atoms with Gasteiger partial charge in [-0.05, 0) is 26.1 Å². The second-order valence-electron chi connectivity index (χ2n) is 3.99. The van der Waals surface area contributed by atoms with Gasteiger partial charge in [0, 0.05) is 12.6 Å². The standard InChI is InChI=1S/C10H15ClN4/c1-15-3-2-8(6-15)14-10-9(11)4-7(12)5-13-10/h4-5,8H,2-3,6,12H2,1H3,(H,13,14). The third-order valence-corrected chi connectivity index (χ3v) is 2.88. The van der Waals surface area contributed by atoms with Gasteiger partial charge in [0.05, 0.1) is 16.9 Å². The average molecular weight is 227 g/mol. The first kappa shape index (κ1) is 10.5. The third kappa shape index (κ3) is 2.52. The van der Waals surface area contributed by atoms with Crippen LogP contribution in [0.5, 0.6) is 0 Å². The number of aromatic nitrogens is 1. The van der Waals surface area contributed by atoms with Crippen LogP contribution in [0.3, 0.4) is 0 Å². The Hall–Kier alpha value is -1.00. The molecule has 1 unspecified atom stereocenters. The van der Waals surface area contributed by atoms with Crippen molar-refractivity contribution in [2.45, 2.75) is 12.5 Å². The molecule has 0 amide bonds. The van der Waals surface area contributed by atoms with Crippen LogP contribution >= 0.6 is 11.6 Å². The second-order valence-corrected chi connectivity index (χ2v) is 4.40. The molecule has 0 aromatic carbocycles. The van der Waals surface area contributed by atoms with Crippen molar-refractivity contribution < 1.29 is 0 Å². The molecule has 1 atom stereocenters. The fourth-order valence-electron chi connectivity index (χ4n) is 1.81. The van der Waals surface area contributed by atoms with E-state index in [0.717, 1.165) is 25.3 Å². The Morgan fingerprint density at radius 2 is 2.47 bits per heavy atom. The summed E-state index contributed by atoms with van der Waals surface area (Å²) in [6, 6.07) is 2.15. The van der Waals surface area contributed by atoms with Crippen molar-refractivity contribution in [3.63, 3.8) is 0 Å². The first-order valence-corrected chi connectivity index (χ1v) is 5.39. The van der Waals surface area contributed by atoms with Crippen molar-refractivity contribution in [3.05, 3.63) is 17.3 Å². The van der Waals surface area contributed by atoms with Gasteiger partial charge in [-0.1, -0.05) is 11.6 Å². The van der Waals surface area contributed by atoms with Crippen molar-refractivity contribution in [3.8, 4) is 0 Å². The Labute approximate surface area is 94.4 Å². The molecule has 82 valence electrons. The van der Waals surface area contributed by atoms with Crippen molar-refractivity contribution in [1.29, 1.82) is 0 Å². The maximum Gasteiger partial charge on any atom is 0.145 e. The van der Waals surface area contributed by atoms with Crippen molar-refractivity contribution in [1.82, 2.24) is 9.88 Å². The summed E-state index contributed by atoms with van der Waals surface area (Å²) in [6.07, 6.45) is 2.74. The summed E-state index contributed by atoms with van der Waals surface area (Å²) in [7, 11) is 2.11. The average Bonchev–Trinajstić information content (AvgIpc) is 2.56. The highest BCUT2D eigenvalue weighted by Gasteiger charge is 2.20. The molecule has 1 fully saturated rings. The first-order chi connectivity index (χ1) is 7.15. The van der Waals surface area contributed by atoms with Crippen LogP contribution in [0.4, 0.5) is 11.5 Å². The van der Waals surface area contributed by atoms with Gasteiger partial charge in [0.1, 0.15) is 5.82 Å². The van der Waals surface area contributed by atoms with Crippen molar-refractivity contribution in [2.75, 3.05) is 31.2 Å². The molecule has 0 aliphatic carbocycles. The lowest BCUT2D eigenvalue weighted by Gasteiger charge is -2.14. The second kappa shape index (κ2) is 4.24. The Morgan fingerprint density at radius 1 is 1.67 bits per heavy atom. The Kier molecular flexibility index (Phi) is 2.98. The summed E-state index contributed by atoms with van der Waals surface area (Å²) < 4.78 is 0. The predicted molar refractivity (Wildman–Crippen MR) is 63.2 cm³/mol. The molecule has 0 saturated carbocycles. The van der Waals surface area contributed by atoms with Crippen LogP contribution in [0, 0.1) is 0 Å². The quantitative estimate of drug-likeness (QED) is 0.801. The molecule has 15 heavy (non-hydrogen) atoms. The molecular weight excluding hydrogens is 212 g/mol. The zero-order valence-corrected chi connectivity index (χ0v) is 9.46. The van der Waals surface area contributed by atoms with Gasteiger partial charge in [0.2, 0.25) is 0 Å². The summed E-state index contributed by atoms with van der Waals surface area (Å²) in [5.74, 6) is 0.728. The van der Waals surface area contributed by atoms with Crippen LogP contribution in [0.15, 0.2) is 12.3 Å². The van der Waals surface area contributed by atoms with E-state index in [0.29, 0.717) is 16.8 Å². The van der Waals surface area contributed by atoms with Crippen LogP contribution in [0.2, 0.25) is 5.02 Å². The van der Waals surface area contributed by atoms with E-state index in [4.69, 9.17) is 17.3 Å². The fourth-order valence-corrected chi connectivity index (χ4v) is 2.03. The number of likely N-dealkylation sites (N-methyl/N-ethyl adjacent to an activating group) is 1. The van der Waals surface area contributed by atoms with E-state index < -0.39 is 0 Å². The van der Waals surface area contributed by atoms with E-state index in [1.54, 1.807) is 12.3 Å². The van der Waals surface area contributed by atoms with Crippen LogP contribution in [0.1, 0.15) is 6.42 Å². The first-order valence-electron chi connectivity index (χ1n) is 5.01. The third-order valence-electron chi connectivity index (χ3n) is 2.59. The zero-order chi connectivity index (χ0) is 10.8. The summed E-state index contributed by atoms with van der Waals surface area (Å²) in [5, 5.41) is 3.91. The predicted octanol–water partition coefficient (Wildman–Crippen LogP) is 1.43. The van der Waals surface area contributed by atoms with Gasteiger partial charge < -0.3 is 16.0 Å². The fraction of sp³-hybridized carbons (Fsp3) is 0.500. The monoisotopic (exact) mass is 226 g/mol. The summed E-state index contributed by atoms with van der Waals surface area (Å²) >= 11 is 6.03. The van der Waals surface area contributed by atoms with Crippen LogP contribution in [-0.2, 0) is 0 Å². The van der Waals surface area contributed by atoms with E-state index in [9.17, 15) is 0 Å². The number of nitrogens with one attached hydrogen (secondary N) is 1. The number of hydrogen-bond donors (Lipinski definition) is 2. The van der Waals surface area contributed by atoms with Gasteiger partial charge in [0.15, 0.2) is 0 Å². The molecule has 0 radical (unpaired) electrons. The number of pyridine rings is 1. The van der Waals surface area contributed by atoms with Gasteiger partial charge in [-0.15, -0.1) is 0 Å². The van der Waals surface area contributed by atoms with E-state index in [2.05, 4.69) is 22.2 Å². The normalized spacial score (nSPS) is 21.9. The molecule has 2 rings (SSSR count). The van der Waals surface area contributed by atoms with E-state index in [1.807, 2.05) is 0 Å². The van der Waals surface area contributed by atoms with Gasteiger partial charge in [-0.2, -0.15) is 0 Å². The SMILES string of the molecule is CN1CCC(Nc2ncc(N)cc2Cl)C1. The number of hydrogen-bond acceptors (Lipinski definition) is 4. The molecule has 5 heteroatoms. The largest absolute Gasteiger partial charge is 0.397 e. The molecule has 1 aliphatic heterocycles. The number of halogens is 1. The minimum atomic E-state index is 0.434. The summed E-state index contributed by atoms with van der Waals surface area (Å²) in [6.45, 7) is 2.15. The number of anilines is 2. The molecular formula is C10H15ClN4. The lowest BCUT2D eigenvalue weighted by atomic mass is 10.2. The molecule has 3 N–H and O–H groups in total. The van der Waals surface area contributed by atoms with Gasteiger partial charge in [0.25, 0.3) is 0 Å². The van der Waals surface area contributed by atoms with Gasteiger partial charge >= 0.3 is 0 Å². The smallest absolute Gasteiger partial charge is 0.145 e. The maximum absolute atomic E-state index is 6.03. The number of likely N-dealkylation sites (tertiary alicyclic amines) is 1. The minimum absolute atomic E-state index is 0.434. The number of nitrogen functional groups attached to an aromatic ring is 1. The molecule has 4 nitrogen and oxygen atoms in total. The van der Waals surface area contributed by atoms with E-state index in [1.165, 1.54) is 0 Å². The van der Waals surface area contributed by atoms with E-state index in [-0.39, 0.29) is 0 Å². The number of nitrogens with two attached hydrogens (primary N) is 1. The Bertz CT molecular complexity index is 355. The zero-order valence-electron chi connectivity index (χ0n) is 8.70. The lowest BCUT2D eigenvalue weighted by molar-refractivity contribution is 0.414. The lowest BCUT2D eigenvalue weighted by Crippen LogP contribution is -2.24. The van der Waals surface area contributed by atoms with E-state index >= 15 is 0 Å². The highest BCUT2D eigenvalue weighted by molar-refractivity contribution is 6.33. The van der Waals surface area contributed by atoms with Crippen molar-refractivity contribution >= 4 is 23.1 Å². The summed E-state index contributed by atoms with van der Waals surface area (Å²) in [5.41, 5.74) is 6.17. The van der Waals surface area contributed by atoms with Crippen LogP contribution in [-0.4, -0.2) is 36.1 Å². The molecule has 1 aliphatic rings. The van der Waals surface area contributed by atoms with Crippen LogP contribution in [0.25, 0.3) is 0 Å². The maximum atomic E-state index is 6.03. The van der Waals surface area contributed by atoms with Crippen molar-refractivity contribution in [2.24, 2.45) is 0 Å². The molecule has 0 spiro atoms. The van der Waals surface area contributed by atoms with Crippen LogP contribution < -0.4 is 11.1 Å². The highest BCUT2D eigenvalue weighted by Crippen LogP contribution is 2.23. The molecule has 1 aromatic rings. The Morgan fingerprint density at radius 3 is 3.07 bits per heavy atom.